The fourth-order valence-electron chi connectivity index (χ4n) is 1.61. The number of aliphatic imine (C=N–C) groups is 1. The van der Waals surface area contributed by atoms with Crippen molar-refractivity contribution in [3.63, 3.8) is 0 Å². The van der Waals surface area contributed by atoms with Gasteiger partial charge in [0.2, 0.25) is 0 Å². The molecule has 0 bridgehead atoms. The summed E-state index contributed by atoms with van der Waals surface area (Å²) in [5.41, 5.74) is 1.66. The molecule has 3 heteroatoms. The van der Waals surface area contributed by atoms with Gasteiger partial charge in [-0.1, -0.05) is 30.3 Å². The van der Waals surface area contributed by atoms with Crippen molar-refractivity contribution in [2.75, 3.05) is 27.2 Å². The molecule has 18 heavy (non-hydrogen) atoms. The molecular formula is C15H22N2O. The Morgan fingerprint density at radius 1 is 1.28 bits per heavy atom. The third-order valence-corrected chi connectivity index (χ3v) is 2.99. The second-order valence-corrected chi connectivity index (χ2v) is 4.78. The molecule has 0 fully saturated rings. The number of nitrogens with zero attached hydrogens (tertiary/aromatic N) is 2. The van der Waals surface area contributed by atoms with Crippen molar-refractivity contribution >= 4 is 11.5 Å². The largest absolute Gasteiger partial charge is 0.308 e. The van der Waals surface area contributed by atoms with Crippen LogP contribution in [0.2, 0.25) is 0 Å². The van der Waals surface area contributed by atoms with Gasteiger partial charge in [-0.25, -0.2) is 0 Å². The second kappa shape index (κ2) is 7.07. The maximum Gasteiger partial charge on any atom is 0.171 e. The first-order valence-corrected chi connectivity index (χ1v) is 6.27. The van der Waals surface area contributed by atoms with Crippen molar-refractivity contribution in [3.8, 4) is 0 Å². The molecular weight excluding hydrogens is 224 g/mol. The molecule has 0 aliphatic rings. The minimum absolute atomic E-state index is 0.140. The predicted octanol–water partition coefficient (Wildman–Crippen LogP) is 2.53. The van der Waals surface area contributed by atoms with E-state index in [-0.39, 0.29) is 11.7 Å². The highest BCUT2D eigenvalue weighted by Gasteiger charge is 2.17. The van der Waals surface area contributed by atoms with Gasteiger partial charge in [-0.05, 0) is 27.9 Å². The molecule has 98 valence electrons. The van der Waals surface area contributed by atoms with Crippen LogP contribution < -0.4 is 0 Å². The van der Waals surface area contributed by atoms with Gasteiger partial charge in [0, 0.05) is 17.8 Å². The highest BCUT2D eigenvalue weighted by atomic mass is 16.1. The normalized spacial score (nSPS) is 13.7. The van der Waals surface area contributed by atoms with Gasteiger partial charge in [0.05, 0.1) is 12.5 Å². The summed E-state index contributed by atoms with van der Waals surface area (Å²) in [5.74, 6) is -0.00346. The van der Waals surface area contributed by atoms with Crippen LogP contribution in [0.4, 0.5) is 0 Å². The molecule has 0 saturated heterocycles. The topological polar surface area (TPSA) is 32.7 Å². The van der Waals surface area contributed by atoms with E-state index in [0.717, 1.165) is 24.4 Å². The Balaban J connectivity index is 2.63. The Morgan fingerprint density at radius 2 is 1.89 bits per heavy atom. The lowest BCUT2D eigenvalue weighted by atomic mass is 9.96. The number of Topliss-reactive ketones (excluding diaryl/α,β-unsaturated/α-hetero) is 1. The van der Waals surface area contributed by atoms with Crippen LogP contribution in [0.15, 0.2) is 35.3 Å². The molecule has 0 spiro atoms. The number of hydrogen-bond donors (Lipinski definition) is 0. The molecule has 1 aromatic carbocycles. The third kappa shape index (κ3) is 4.41. The van der Waals surface area contributed by atoms with E-state index < -0.39 is 0 Å². The molecule has 0 N–H and O–H groups in total. The maximum atomic E-state index is 12.2. The van der Waals surface area contributed by atoms with Gasteiger partial charge in [-0.15, -0.1) is 0 Å². The van der Waals surface area contributed by atoms with Crippen LogP contribution in [-0.2, 0) is 0 Å². The van der Waals surface area contributed by atoms with E-state index >= 15 is 0 Å². The van der Waals surface area contributed by atoms with Crippen LogP contribution in [0.1, 0.15) is 24.2 Å². The Hall–Kier alpha value is -1.48. The number of ketones is 1. The van der Waals surface area contributed by atoms with Gasteiger partial charge < -0.3 is 4.90 Å². The van der Waals surface area contributed by atoms with Crippen LogP contribution in [0.25, 0.3) is 0 Å². The first-order chi connectivity index (χ1) is 8.52. The van der Waals surface area contributed by atoms with Gasteiger partial charge in [0.25, 0.3) is 0 Å². The minimum Gasteiger partial charge on any atom is -0.308 e. The van der Waals surface area contributed by atoms with Crippen LogP contribution in [0, 0.1) is 5.92 Å². The Kier molecular flexibility index (Phi) is 5.72. The number of carbonyl (C=O) groups excluding carboxylic acids is 1. The Morgan fingerprint density at radius 3 is 2.44 bits per heavy atom. The van der Waals surface area contributed by atoms with E-state index in [0.29, 0.717) is 0 Å². The summed E-state index contributed by atoms with van der Waals surface area (Å²) in [6, 6.07) is 9.40. The molecule has 1 aromatic rings. The summed E-state index contributed by atoms with van der Waals surface area (Å²) in [7, 11) is 4.03. The maximum absolute atomic E-state index is 12.2. The smallest absolute Gasteiger partial charge is 0.171 e. The fraction of sp³-hybridized carbons (Fsp3) is 0.467. The van der Waals surface area contributed by atoms with Gasteiger partial charge >= 0.3 is 0 Å². The van der Waals surface area contributed by atoms with Crippen LogP contribution >= 0.6 is 0 Å². The van der Waals surface area contributed by atoms with Crippen LogP contribution in [0.3, 0.4) is 0 Å². The third-order valence-electron chi connectivity index (χ3n) is 2.99. The van der Waals surface area contributed by atoms with E-state index in [1.807, 2.05) is 58.3 Å². The molecule has 0 heterocycles. The quantitative estimate of drug-likeness (QED) is 0.571. The molecule has 1 rings (SSSR count). The van der Waals surface area contributed by atoms with Crippen molar-refractivity contribution in [1.82, 2.24) is 4.90 Å². The average molecular weight is 246 g/mol. The van der Waals surface area contributed by atoms with Gasteiger partial charge in [-0.2, -0.15) is 0 Å². The molecule has 0 saturated carbocycles. The molecule has 0 amide bonds. The number of carbonyl (C=O) groups is 1. The van der Waals surface area contributed by atoms with E-state index in [1.165, 1.54) is 0 Å². The molecule has 0 aromatic heterocycles. The summed E-state index contributed by atoms with van der Waals surface area (Å²) < 4.78 is 0. The van der Waals surface area contributed by atoms with Crippen molar-refractivity contribution in [1.29, 1.82) is 0 Å². The van der Waals surface area contributed by atoms with E-state index in [9.17, 15) is 4.79 Å². The number of rotatable bonds is 6. The van der Waals surface area contributed by atoms with Crippen LogP contribution in [0.5, 0.6) is 0 Å². The first-order valence-electron chi connectivity index (χ1n) is 6.27. The highest BCUT2D eigenvalue weighted by Crippen LogP contribution is 2.10. The molecule has 0 aliphatic carbocycles. The number of benzene rings is 1. The standard InChI is InChI=1S/C15H22N2O/c1-12(13(2)16-10-11-17(3)4)15(18)14-8-6-5-7-9-14/h5-9,12H,10-11H2,1-4H3. The zero-order chi connectivity index (χ0) is 13.5. The summed E-state index contributed by atoms with van der Waals surface area (Å²) in [4.78, 5) is 18.7. The monoisotopic (exact) mass is 246 g/mol. The number of hydrogen-bond acceptors (Lipinski definition) is 3. The average Bonchev–Trinajstić information content (AvgIpc) is 2.37. The van der Waals surface area contributed by atoms with E-state index in [1.54, 1.807) is 0 Å². The molecule has 1 atom stereocenters. The highest BCUT2D eigenvalue weighted by molar-refractivity contribution is 6.11. The van der Waals surface area contributed by atoms with E-state index in [4.69, 9.17) is 0 Å². The molecule has 3 nitrogen and oxygen atoms in total. The zero-order valence-electron chi connectivity index (χ0n) is 11.7. The SMILES string of the molecule is CC(=NCCN(C)C)C(C)C(=O)c1ccccc1. The van der Waals surface area contributed by atoms with Gasteiger partial charge in [0.1, 0.15) is 0 Å². The van der Waals surface area contributed by atoms with E-state index in [2.05, 4.69) is 9.89 Å². The van der Waals surface area contributed by atoms with Gasteiger partial charge in [0.15, 0.2) is 5.78 Å². The molecule has 1 unspecified atom stereocenters. The lowest BCUT2D eigenvalue weighted by molar-refractivity contribution is 0.0961. The van der Waals surface area contributed by atoms with Crippen molar-refractivity contribution < 1.29 is 4.79 Å². The molecule has 0 radical (unpaired) electrons. The first kappa shape index (κ1) is 14.6. The number of likely N-dealkylation sites (N-methyl/N-ethyl adjacent to an activating group) is 1. The summed E-state index contributed by atoms with van der Waals surface area (Å²) in [5, 5.41) is 0. The van der Waals surface area contributed by atoms with Gasteiger partial charge in [-0.3, -0.25) is 9.79 Å². The van der Waals surface area contributed by atoms with Crippen molar-refractivity contribution in [2.24, 2.45) is 10.9 Å². The lowest BCUT2D eigenvalue weighted by Crippen LogP contribution is -2.21. The Labute approximate surface area is 110 Å². The predicted molar refractivity (Wildman–Crippen MR) is 76.5 cm³/mol. The zero-order valence-corrected chi connectivity index (χ0v) is 11.7. The van der Waals surface area contributed by atoms with Crippen LogP contribution in [-0.4, -0.2) is 43.6 Å². The Bertz CT molecular complexity index is 410. The molecule has 0 aliphatic heterocycles. The minimum atomic E-state index is -0.144. The van der Waals surface area contributed by atoms with Crippen molar-refractivity contribution in [3.05, 3.63) is 35.9 Å². The summed E-state index contributed by atoms with van der Waals surface area (Å²) >= 11 is 0. The second-order valence-electron chi connectivity index (χ2n) is 4.78. The summed E-state index contributed by atoms with van der Waals surface area (Å²) in [6.07, 6.45) is 0. The fourth-order valence-corrected chi connectivity index (χ4v) is 1.61. The van der Waals surface area contributed by atoms with Crippen molar-refractivity contribution in [2.45, 2.75) is 13.8 Å². The lowest BCUT2D eigenvalue weighted by Gasteiger charge is -2.12. The summed E-state index contributed by atoms with van der Waals surface area (Å²) in [6.45, 7) is 5.50.